The highest BCUT2D eigenvalue weighted by atomic mass is 15.5. The lowest BCUT2D eigenvalue weighted by Gasteiger charge is -2.32. The molecule has 0 bridgehead atoms. The van der Waals surface area contributed by atoms with Gasteiger partial charge in [-0.3, -0.25) is 0 Å². The second-order valence-electron chi connectivity index (χ2n) is 3.56. The fourth-order valence-electron chi connectivity index (χ4n) is 1.71. The third kappa shape index (κ3) is 1.54. The Morgan fingerprint density at radius 2 is 2.42 bits per heavy atom. The lowest BCUT2D eigenvalue weighted by atomic mass is 9.76. The molecule has 0 unspecified atom stereocenters. The largest absolute Gasteiger partial charge is 0.351 e. The van der Waals surface area contributed by atoms with Crippen LogP contribution in [0.4, 0.5) is 5.95 Å². The van der Waals surface area contributed by atoms with Gasteiger partial charge in [-0.15, -0.1) is 5.10 Å². The molecule has 1 fully saturated rings. The van der Waals surface area contributed by atoms with Crippen LogP contribution < -0.4 is 5.32 Å². The number of hydrogen-bond donors (Lipinski definition) is 2. The van der Waals surface area contributed by atoms with E-state index < -0.39 is 0 Å². The second-order valence-corrected chi connectivity index (χ2v) is 3.56. The second kappa shape index (κ2) is 3.08. The first-order valence-electron chi connectivity index (χ1n) is 4.32. The third-order valence-electron chi connectivity index (χ3n) is 2.37. The van der Waals surface area contributed by atoms with E-state index >= 15 is 0 Å². The molecule has 1 aliphatic carbocycles. The lowest BCUT2D eigenvalue weighted by Crippen LogP contribution is -2.27. The lowest BCUT2D eigenvalue weighted by molar-refractivity contribution is 0.225. The van der Waals surface area contributed by atoms with E-state index in [9.17, 15) is 0 Å². The zero-order valence-electron chi connectivity index (χ0n) is 7.12. The Kier molecular flexibility index (Phi) is 1.93. The van der Waals surface area contributed by atoms with Crippen molar-refractivity contribution in [1.82, 2.24) is 20.6 Å². The van der Waals surface area contributed by atoms with E-state index in [2.05, 4.69) is 32.9 Å². The predicted molar refractivity (Wildman–Crippen MR) is 44.6 cm³/mol. The first kappa shape index (κ1) is 7.52. The van der Waals surface area contributed by atoms with Crippen molar-refractivity contribution in [2.45, 2.75) is 19.8 Å². The Labute approximate surface area is 70.9 Å². The topological polar surface area (TPSA) is 66.5 Å². The van der Waals surface area contributed by atoms with E-state index in [4.69, 9.17) is 0 Å². The van der Waals surface area contributed by atoms with Crippen molar-refractivity contribution in [2.75, 3.05) is 11.9 Å². The van der Waals surface area contributed by atoms with Gasteiger partial charge in [0, 0.05) is 6.54 Å². The molecule has 5 nitrogen and oxygen atoms in total. The number of nitrogens with zero attached hydrogens (tertiary/aromatic N) is 3. The summed E-state index contributed by atoms with van der Waals surface area (Å²) in [4.78, 5) is 0. The molecule has 2 N–H and O–H groups in total. The fourth-order valence-corrected chi connectivity index (χ4v) is 1.71. The Morgan fingerprint density at radius 3 is 3.00 bits per heavy atom. The summed E-state index contributed by atoms with van der Waals surface area (Å²) >= 11 is 0. The highest BCUT2D eigenvalue weighted by Crippen LogP contribution is 2.32. The summed E-state index contributed by atoms with van der Waals surface area (Å²) in [5.41, 5.74) is 0. The van der Waals surface area contributed by atoms with Gasteiger partial charge in [-0.2, -0.15) is 5.21 Å². The first-order chi connectivity index (χ1) is 5.84. The van der Waals surface area contributed by atoms with Crippen LogP contribution in [0, 0.1) is 11.8 Å². The zero-order valence-corrected chi connectivity index (χ0v) is 7.12. The van der Waals surface area contributed by atoms with Crippen LogP contribution in [0.15, 0.2) is 0 Å². The van der Waals surface area contributed by atoms with Gasteiger partial charge in [0.25, 0.3) is 5.95 Å². The number of rotatable bonds is 3. The van der Waals surface area contributed by atoms with Gasteiger partial charge in [0.1, 0.15) is 0 Å². The number of H-pyrrole nitrogens is 1. The number of aromatic nitrogens is 4. The molecule has 0 aliphatic heterocycles. The molecule has 1 aliphatic rings. The van der Waals surface area contributed by atoms with Crippen LogP contribution in [0.3, 0.4) is 0 Å². The van der Waals surface area contributed by atoms with E-state index in [1.54, 1.807) is 0 Å². The number of hydrogen-bond acceptors (Lipinski definition) is 4. The molecule has 66 valence electrons. The van der Waals surface area contributed by atoms with E-state index in [1.165, 1.54) is 12.8 Å². The van der Waals surface area contributed by atoms with Crippen LogP contribution in [0.2, 0.25) is 0 Å². The summed E-state index contributed by atoms with van der Waals surface area (Å²) in [7, 11) is 0. The third-order valence-corrected chi connectivity index (χ3v) is 2.37. The number of anilines is 1. The van der Waals surface area contributed by atoms with E-state index in [1.807, 2.05) is 0 Å². The van der Waals surface area contributed by atoms with Gasteiger partial charge < -0.3 is 5.32 Å². The van der Waals surface area contributed by atoms with Crippen molar-refractivity contribution in [3.63, 3.8) is 0 Å². The summed E-state index contributed by atoms with van der Waals surface area (Å²) in [6.07, 6.45) is 2.65. The fraction of sp³-hybridized carbons (Fsp3) is 0.857. The summed E-state index contributed by atoms with van der Waals surface area (Å²) in [5.74, 6) is 2.31. The first-order valence-corrected chi connectivity index (χ1v) is 4.32. The summed E-state index contributed by atoms with van der Waals surface area (Å²) < 4.78 is 0. The quantitative estimate of drug-likeness (QED) is 0.694. The molecule has 1 saturated carbocycles. The number of nitrogens with one attached hydrogen (secondary N) is 2. The van der Waals surface area contributed by atoms with Crippen molar-refractivity contribution in [1.29, 1.82) is 0 Å². The Hall–Kier alpha value is -1.13. The molecule has 0 atom stereocenters. The number of tetrazole rings is 1. The van der Waals surface area contributed by atoms with Crippen LogP contribution in [-0.4, -0.2) is 27.2 Å². The van der Waals surface area contributed by atoms with Gasteiger partial charge in [-0.1, -0.05) is 12.0 Å². The molecule has 1 aromatic rings. The molecular formula is C7H13N5. The molecule has 2 rings (SSSR count). The molecule has 0 radical (unpaired) electrons. The normalized spacial score (nSPS) is 28.1. The highest BCUT2D eigenvalue weighted by Gasteiger charge is 2.24. The van der Waals surface area contributed by atoms with Crippen molar-refractivity contribution < 1.29 is 0 Å². The summed E-state index contributed by atoms with van der Waals surface area (Å²) in [6.45, 7) is 3.26. The molecule has 0 saturated heterocycles. The van der Waals surface area contributed by atoms with E-state index in [0.717, 1.165) is 18.4 Å². The Morgan fingerprint density at radius 1 is 1.58 bits per heavy atom. The van der Waals surface area contributed by atoms with Crippen molar-refractivity contribution in [3.8, 4) is 0 Å². The van der Waals surface area contributed by atoms with Gasteiger partial charge in [0.05, 0.1) is 0 Å². The molecule has 5 heteroatoms. The molecule has 0 aromatic carbocycles. The van der Waals surface area contributed by atoms with Crippen molar-refractivity contribution in [2.24, 2.45) is 11.8 Å². The maximum Gasteiger partial charge on any atom is 0.263 e. The molecule has 1 aromatic heterocycles. The number of aromatic amines is 1. The van der Waals surface area contributed by atoms with Gasteiger partial charge in [0.2, 0.25) is 0 Å². The van der Waals surface area contributed by atoms with Gasteiger partial charge >= 0.3 is 0 Å². The van der Waals surface area contributed by atoms with Crippen molar-refractivity contribution in [3.05, 3.63) is 0 Å². The monoisotopic (exact) mass is 167 g/mol. The zero-order chi connectivity index (χ0) is 8.39. The van der Waals surface area contributed by atoms with Gasteiger partial charge in [-0.05, 0) is 29.9 Å². The minimum atomic E-state index is 0.606. The van der Waals surface area contributed by atoms with E-state index in [0.29, 0.717) is 5.95 Å². The average molecular weight is 167 g/mol. The maximum absolute atomic E-state index is 3.81. The average Bonchev–Trinajstić information content (AvgIpc) is 2.47. The molecular weight excluding hydrogens is 154 g/mol. The smallest absolute Gasteiger partial charge is 0.263 e. The SMILES string of the molecule is CC1CC(CNc2nn[nH]n2)C1. The summed E-state index contributed by atoms with van der Waals surface area (Å²) in [6, 6.07) is 0. The van der Waals surface area contributed by atoms with Gasteiger partial charge in [-0.25, -0.2) is 0 Å². The minimum Gasteiger partial charge on any atom is -0.351 e. The highest BCUT2D eigenvalue weighted by molar-refractivity contribution is 5.18. The molecule has 1 heterocycles. The van der Waals surface area contributed by atoms with Crippen LogP contribution >= 0.6 is 0 Å². The minimum absolute atomic E-state index is 0.606. The predicted octanol–water partition coefficient (Wildman–Crippen LogP) is 0.658. The van der Waals surface area contributed by atoms with Crippen LogP contribution in [0.25, 0.3) is 0 Å². The van der Waals surface area contributed by atoms with Crippen LogP contribution in [0.1, 0.15) is 19.8 Å². The van der Waals surface area contributed by atoms with Crippen molar-refractivity contribution >= 4 is 5.95 Å². The van der Waals surface area contributed by atoms with Crippen LogP contribution in [-0.2, 0) is 0 Å². The summed E-state index contributed by atoms with van der Waals surface area (Å²) in [5, 5.41) is 16.6. The standard InChI is InChI=1S/C7H13N5/c1-5-2-6(3-5)4-8-7-9-11-12-10-7/h5-6H,2-4H2,1H3,(H2,8,9,10,11,12). The maximum atomic E-state index is 3.81. The molecule has 0 amide bonds. The molecule has 12 heavy (non-hydrogen) atoms. The molecule has 0 spiro atoms. The van der Waals surface area contributed by atoms with E-state index in [-0.39, 0.29) is 0 Å². The Balaban J connectivity index is 1.70. The van der Waals surface area contributed by atoms with Gasteiger partial charge in [0.15, 0.2) is 0 Å². The van der Waals surface area contributed by atoms with Crippen LogP contribution in [0.5, 0.6) is 0 Å². The Bertz CT molecular complexity index is 226.